The van der Waals surface area contributed by atoms with Crippen molar-refractivity contribution < 1.29 is 9.59 Å². The van der Waals surface area contributed by atoms with Crippen molar-refractivity contribution in [3.63, 3.8) is 0 Å². The standard InChI is InChI=1S/C21H23N3O2S2/c1-15-10-12-24(13-11-15)20(26)16-4-6-17(7-5-16)22-21(27)23-19(25)9-8-18-3-2-14-28-18/h2-9,14-15H,10-13H2,1H3,(H2,22,23,25,27)/b9-8+. The Morgan fingerprint density at radius 1 is 1.18 bits per heavy atom. The maximum Gasteiger partial charge on any atom is 0.253 e. The molecular weight excluding hydrogens is 390 g/mol. The van der Waals surface area contributed by atoms with E-state index < -0.39 is 0 Å². The molecule has 1 aliphatic heterocycles. The molecule has 0 spiro atoms. The summed E-state index contributed by atoms with van der Waals surface area (Å²) in [5.74, 6) is 0.456. The predicted octanol–water partition coefficient (Wildman–Crippen LogP) is 4.15. The molecule has 0 bridgehead atoms. The highest BCUT2D eigenvalue weighted by Crippen LogP contribution is 2.19. The maximum absolute atomic E-state index is 12.6. The van der Waals surface area contributed by atoms with Crippen molar-refractivity contribution in [2.24, 2.45) is 5.92 Å². The molecule has 2 aromatic rings. The first-order valence-corrected chi connectivity index (χ1v) is 10.5. The normalized spacial score (nSPS) is 14.8. The average molecular weight is 414 g/mol. The van der Waals surface area contributed by atoms with Crippen LogP contribution in [-0.4, -0.2) is 34.9 Å². The summed E-state index contributed by atoms with van der Waals surface area (Å²) in [6, 6.07) is 11.0. The molecule has 1 aromatic carbocycles. The third kappa shape index (κ3) is 5.74. The zero-order valence-corrected chi connectivity index (χ0v) is 17.3. The minimum absolute atomic E-state index is 0.0630. The van der Waals surface area contributed by atoms with Crippen LogP contribution in [0.15, 0.2) is 47.9 Å². The lowest BCUT2D eigenvalue weighted by atomic mass is 9.98. The van der Waals surface area contributed by atoms with Crippen LogP contribution in [0.2, 0.25) is 0 Å². The summed E-state index contributed by atoms with van der Waals surface area (Å²) in [6.45, 7) is 3.85. The number of benzene rings is 1. The van der Waals surface area contributed by atoms with Crippen molar-refractivity contribution in [1.29, 1.82) is 0 Å². The van der Waals surface area contributed by atoms with Gasteiger partial charge in [0.1, 0.15) is 0 Å². The van der Waals surface area contributed by atoms with Crippen LogP contribution in [0.1, 0.15) is 35.0 Å². The second-order valence-corrected chi connectivity index (χ2v) is 8.23. The van der Waals surface area contributed by atoms with Crippen molar-refractivity contribution in [3.05, 3.63) is 58.3 Å². The fraction of sp³-hybridized carbons (Fsp3) is 0.286. The molecule has 0 aliphatic carbocycles. The Labute approximate surface area is 174 Å². The van der Waals surface area contributed by atoms with E-state index in [0.29, 0.717) is 11.5 Å². The van der Waals surface area contributed by atoms with E-state index in [4.69, 9.17) is 12.2 Å². The van der Waals surface area contributed by atoms with Crippen LogP contribution < -0.4 is 10.6 Å². The molecule has 1 aromatic heterocycles. The number of rotatable bonds is 4. The number of amides is 2. The van der Waals surface area contributed by atoms with Gasteiger partial charge in [0.25, 0.3) is 5.91 Å². The zero-order valence-electron chi connectivity index (χ0n) is 15.7. The van der Waals surface area contributed by atoms with Gasteiger partial charge in [-0.2, -0.15) is 0 Å². The van der Waals surface area contributed by atoms with Crippen LogP contribution >= 0.6 is 23.6 Å². The average Bonchev–Trinajstić information content (AvgIpc) is 3.21. The fourth-order valence-electron chi connectivity index (χ4n) is 2.95. The molecule has 1 saturated heterocycles. The lowest BCUT2D eigenvalue weighted by Crippen LogP contribution is -2.37. The smallest absolute Gasteiger partial charge is 0.253 e. The summed E-state index contributed by atoms with van der Waals surface area (Å²) in [7, 11) is 0. The van der Waals surface area contributed by atoms with Gasteiger partial charge < -0.3 is 10.2 Å². The predicted molar refractivity (Wildman–Crippen MR) is 118 cm³/mol. The lowest BCUT2D eigenvalue weighted by molar-refractivity contribution is -0.115. The molecule has 0 atom stereocenters. The van der Waals surface area contributed by atoms with Crippen molar-refractivity contribution in [2.75, 3.05) is 18.4 Å². The Bertz CT molecular complexity index is 852. The van der Waals surface area contributed by atoms with E-state index in [-0.39, 0.29) is 16.9 Å². The minimum Gasteiger partial charge on any atom is -0.339 e. The number of nitrogens with zero attached hydrogens (tertiary/aromatic N) is 1. The number of hydrogen-bond donors (Lipinski definition) is 2. The van der Waals surface area contributed by atoms with E-state index in [0.717, 1.165) is 36.5 Å². The Kier molecular flexibility index (Phi) is 6.95. The molecule has 0 unspecified atom stereocenters. The molecule has 3 rings (SSSR count). The van der Waals surface area contributed by atoms with E-state index in [9.17, 15) is 9.59 Å². The van der Waals surface area contributed by atoms with Crippen LogP contribution in [0.25, 0.3) is 6.08 Å². The van der Waals surface area contributed by atoms with Gasteiger partial charge >= 0.3 is 0 Å². The van der Waals surface area contributed by atoms with Gasteiger partial charge in [-0.15, -0.1) is 11.3 Å². The third-order valence-electron chi connectivity index (χ3n) is 4.64. The highest BCUT2D eigenvalue weighted by atomic mass is 32.1. The molecule has 2 N–H and O–H groups in total. The highest BCUT2D eigenvalue weighted by Gasteiger charge is 2.21. The SMILES string of the molecule is CC1CCN(C(=O)c2ccc(NC(=S)NC(=O)/C=C/c3cccs3)cc2)CC1. The van der Waals surface area contributed by atoms with Gasteiger partial charge in [-0.1, -0.05) is 13.0 Å². The molecular formula is C21H23N3O2S2. The van der Waals surface area contributed by atoms with Crippen LogP contribution in [0.5, 0.6) is 0 Å². The molecule has 2 heterocycles. The minimum atomic E-state index is -0.294. The fourth-order valence-corrected chi connectivity index (χ4v) is 3.79. The van der Waals surface area contributed by atoms with Gasteiger partial charge in [0, 0.05) is 35.3 Å². The van der Waals surface area contributed by atoms with Gasteiger partial charge in [-0.25, -0.2) is 0 Å². The number of piperidine rings is 1. The summed E-state index contributed by atoms with van der Waals surface area (Å²) in [6.07, 6.45) is 5.30. The summed E-state index contributed by atoms with van der Waals surface area (Å²) in [5, 5.41) is 7.73. The number of nitrogens with one attached hydrogen (secondary N) is 2. The van der Waals surface area contributed by atoms with Gasteiger partial charge in [0.05, 0.1) is 0 Å². The van der Waals surface area contributed by atoms with Crippen LogP contribution in [0.4, 0.5) is 5.69 Å². The third-order valence-corrected chi connectivity index (χ3v) is 5.68. The van der Waals surface area contributed by atoms with Crippen molar-refractivity contribution in [2.45, 2.75) is 19.8 Å². The summed E-state index contributed by atoms with van der Waals surface area (Å²) < 4.78 is 0. The first-order valence-electron chi connectivity index (χ1n) is 9.24. The van der Waals surface area contributed by atoms with Crippen molar-refractivity contribution >= 4 is 52.2 Å². The first kappa shape index (κ1) is 20.2. The molecule has 7 heteroatoms. The first-order chi connectivity index (χ1) is 13.5. The number of thiocarbonyl (C=S) groups is 1. The Balaban J connectivity index is 1.50. The van der Waals surface area contributed by atoms with Crippen LogP contribution in [0, 0.1) is 5.92 Å². The van der Waals surface area contributed by atoms with Gasteiger partial charge in [-0.05, 0) is 72.8 Å². The molecule has 2 amide bonds. The van der Waals surface area contributed by atoms with E-state index in [1.807, 2.05) is 22.4 Å². The molecule has 0 saturated carbocycles. The quantitative estimate of drug-likeness (QED) is 0.584. The number of thiophene rings is 1. The Morgan fingerprint density at radius 2 is 1.89 bits per heavy atom. The number of anilines is 1. The van der Waals surface area contributed by atoms with E-state index >= 15 is 0 Å². The van der Waals surface area contributed by atoms with E-state index in [1.165, 1.54) is 6.08 Å². The molecule has 5 nitrogen and oxygen atoms in total. The second-order valence-electron chi connectivity index (χ2n) is 6.84. The second kappa shape index (κ2) is 9.61. The lowest BCUT2D eigenvalue weighted by Gasteiger charge is -2.30. The Hall–Kier alpha value is -2.51. The molecule has 28 heavy (non-hydrogen) atoms. The summed E-state index contributed by atoms with van der Waals surface area (Å²) >= 11 is 6.73. The van der Waals surface area contributed by atoms with Crippen molar-refractivity contribution in [3.8, 4) is 0 Å². The molecule has 146 valence electrons. The topological polar surface area (TPSA) is 61.4 Å². The van der Waals surface area contributed by atoms with Crippen LogP contribution in [-0.2, 0) is 4.79 Å². The van der Waals surface area contributed by atoms with Gasteiger partial charge in [0.15, 0.2) is 5.11 Å². The molecule has 1 aliphatic rings. The monoisotopic (exact) mass is 413 g/mol. The largest absolute Gasteiger partial charge is 0.339 e. The number of hydrogen-bond acceptors (Lipinski definition) is 4. The zero-order chi connectivity index (χ0) is 19.9. The molecule has 1 fully saturated rings. The van der Waals surface area contributed by atoms with Gasteiger partial charge in [-0.3, -0.25) is 14.9 Å². The van der Waals surface area contributed by atoms with E-state index in [2.05, 4.69) is 17.6 Å². The Morgan fingerprint density at radius 3 is 2.54 bits per heavy atom. The number of carbonyl (C=O) groups excluding carboxylic acids is 2. The summed E-state index contributed by atoms with van der Waals surface area (Å²) in [4.78, 5) is 27.4. The van der Waals surface area contributed by atoms with Gasteiger partial charge in [0.2, 0.25) is 5.91 Å². The number of likely N-dealkylation sites (tertiary alicyclic amines) is 1. The highest BCUT2D eigenvalue weighted by molar-refractivity contribution is 7.80. The summed E-state index contributed by atoms with van der Waals surface area (Å²) in [5.41, 5.74) is 1.38. The van der Waals surface area contributed by atoms with E-state index in [1.54, 1.807) is 41.7 Å². The molecule has 0 radical (unpaired) electrons. The maximum atomic E-state index is 12.6. The van der Waals surface area contributed by atoms with Crippen LogP contribution in [0.3, 0.4) is 0 Å². The van der Waals surface area contributed by atoms with Crippen molar-refractivity contribution in [1.82, 2.24) is 10.2 Å². The number of carbonyl (C=O) groups is 2.